The first kappa shape index (κ1) is 23.5. The molecule has 2 amide bonds. The molecule has 0 spiro atoms. The fraction of sp³-hybridized carbons (Fsp3) is 0.192. The second-order valence-corrected chi connectivity index (χ2v) is 8.82. The number of halogens is 1. The normalized spacial score (nSPS) is 16.1. The van der Waals surface area contributed by atoms with E-state index in [1.54, 1.807) is 7.11 Å². The Hall–Kier alpha value is -3.65. The molecule has 1 aliphatic heterocycles. The Morgan fingerprint density at radius 2 is 1.76 bits per heavy atom. The predicted molar refractivity (Wildman–Crippen MR) is 134 cm³/mol. The van der Waals surface area contributed by atoms with Crippen LogP contribution in [0.5, 0.6) is 5.75 Å². The standard InChI is InChI=1S/C26H24FN3O3S/c1-33-22-13-9-20(10-14-22)29-26(28-16-15-18-5-3-2-4-6-18)34-23-17-24(31)30(25(23)32)21-11-7-19(27)8-12-21/h2-14,23H,15-17H2,1H3,(H,28,29). The van der Waals surface area contributed by atoms with Crippen LogP contribution in [0.1, 0.15) is 12.0 Å². The molecular weight excluding hydrogens is 453 g/mol. The Kier molecular flexibility index (Phi) is 7.59. The third-order valence-corrected chi connectivity index (χ3v) is 6.39. The van der Waals surface area contributed by atoms with Crippen molar-refractivity contribution in [2.75, 3.05) is 23.9 Å². The zero-order valence-corrected chi connectivity index (χ0v) is 19.4. The van der Waals surface area contributed by atoms with Gasteiger partial charge in [-0.15, -0.1) is 0 Å². The second kappa shape index (κ2) is 11.0. The zero-order valence-electron chi connectivity index (χ0n) is 18.6. The molecule has 0 aliphatic carbocycles. The third kappa shape index (κ3) is 5.82. The molecule has 4 rings (SSSR count). The number of rotatable bonds is 7. The lowest BCUT2D eigenvalue weighted by molar-refractivity contribution is -0.121. The van der Waals surface area contributed by atoms with Crippen LogP contribution in [0.3, 0.4) is 0 Å². The van der Waals surface area contributed by atoms with Crippen molar-refractivity contribution in [1.82, 2.24) is 0 Å². The summed E-state index contributed by atoms with van der Waals surface area (Å²) >= 11 is 1.23. The summed E-state index contributed by atoms with van der Waals surface area (Å²) in [6.45, 7) is 0.520. The van der Waals surface area contributed by atoms with Gasteiger partial charge in [-0.25, -0.2) is 9.29 Å². The lowest BCUT2D eigenvalue weighted by Crippen LogP contribution is -2.31. The van der Waals surface area contributed by atoms with Crippen LogP contribution in [0.25, 0.3) is 0 Å². The van der Waals surface area contributed by atoms with Crippen LogP contribution < -0.4 is 15.0 Å². The maximum atomic E-state index is 13.3. The molecule has 1 saturated heterocycles. The Balaban J connectivity index is 1.50. The smallest absolute Gasteiger partial charge is 0.247 e. The molecule has 3 aromatic rings. The molecule has 0 aromatic heterocycles. The zero-order chi connectivity index (χ0) is 23.9. The third-order valence-electron chi connectivity index (χ3n) is 5.28. The maximum Gasteiger partial charge on any atom is 0.247 e. The van der Waals surface area contributed by atoms with Crippen LogP contribution >= 0.6 is 11.8 Å². The van der Waals surface area contributed by atoms with Crippen molar-refractivity contribution in [1.29, 1.82) is 0 Å². The molecule has 174 valence electrons. The number of amidine groups is 1. The number of aliphatic imine (C=N–C) groups is 1. The van der Waals surface area contributed by atoms with Gasteiger partial charge in [0.2, 0.25) is 11.8 Å². The Labute approximate surface area is 201 Å². The van der Waals surface area contributed by atoms with E-state index in [-0.39, 0.29) is 18.2 Å². The largest absolute Gasteiger partial charge is 0.497 e. The first-order chi connectivity index (χ1) is 16.5. The van der Waals surface area contributed by atoms with Crippen molar-refractivity contribution >= 4 is 40.1 Å². The number of hydrogen-bond acceptors (Lipinski definition) is 5. The average Bonchev–Trinajstić information content (AvgIpc) is 3.13. The first-order valence-corrected chi connectivity index (χ1v) is 11.7. The van der Waals surface area contributed by atoms with E-state index in [2.05, 4.69) is 5.32 Å². The van der Waals surface area contributed by atoms with Crippen molar-refractivity contribution in [3.8, 4) is 5.75 Å². The summed E-state index contributed by atoms with van der Waals surface area (Å²) in [5.74, 6) is -0.353. The number of benzene rings is 3. The Morgan fingerprint density at radius 1 is 1.06 bits per heavy atom. The minimum atomic E-state index is -0.626. The molecular formula is C26H24FN3O3S. The number of amides is 2. The lowest BCUT2D eigenvalue weighted by atomic mass is 10.2. The van der Waals surface area contributed by atoms with Gasteiger partial charge in [0.15, 0.2) is 5.17 Å². The van der Waals surface area contributed by atoms with Crippen molar-refractivity contribution in [2.45, 2.75) is 18.1 Å². The molecule has 6 nitrogen and oxygen atoms in total. The number of imide groups is 1. The molecule has 3 aromatic carbocycles. The molecule has 1 unspecified atom stereocenters. The van der Waals surface area contributed by atoms with Gasteiger partial charge in [-0.2, -0.15) is 0 Å². The highest BCUT2D eigenvalue weighted by molar-refractivity contribution is 8.15. The van der Waals surface area contributed by atoms with Gasteiger partial charge in [0.25, 0.3) is 0 Å². The van der Waals surface area contributed by atoms with Gasteiger partial charge in [0.05, 0.1) is 12.8 Å². The quantitative estimate of drug-likeness (QED) is 0.297. The second-order valence-electron chi connectivity index (χ2n) is 7.63. The Bertz CT molecular complexity index is 1170. The number of ether oxygens (including phenoxy) is 1. The molecule has 0 saturated carbocycles. The monoisotopic (exact) mass is 477 g/mol. The SMILES string of the molecule is COc1ccc(NC(=NCCc2ccccc2)SC2CC(=O)N(c3ccc(F)cc3)C2=O)cc1. The van der Waals surface area contributed by atoms with Gasteiger partial charge in [-0.05, 0) is 60.5 Å². The minimum absolute atomic E-state index is 0.0445. The number of methoxy groups -OCH3 is 1. The maximum absolute atomic E-state index is 13.3. The molecule has 1 heterocycles. The van der Waals surface area contributed by atoms with Gasteiger partial charge in [0.1, 0.15) is 16.8 Å². The van der Waals surface area contributed by atoms with Gasteiger partial charge in [-0.3, -0.25) is 14.6 Å². The summed E-state index contributed by atoms with van der Waals surface area (Å²) in [7, 11) is 1.60. The van der Waals surface area contributed by atoms with E-state index in [1.807, 2.05) is 54.6 Å². The van der Waals surface area contributed by atoms with E-state index in [0.717, 1.165) is 28.3 Å². The van der Waals surface area contributed by atoms with E-state index in [1.165, 1.54) is 36.0 Å². The van der Waals surface area contributed by atoms with Gasteiger partial charge < -0.3 is 10.1 Å². The highest BCUT2D eigenvalue weighted by atomic mass is 32.2. The van der Waals surface area contributed by atoms with E-state index in [9.17, 15) is 14.0 Å². The molecule has 8 heteroatoms. The first-order valence-electron chi connectivity index (χ1n) is 10.8. The Morgan fingerprint density at radius 3 is 2.44 bits per heavy atom. The van der Waals surface area contributed by atoms with Crippen molar-refractivity contribution in [2.24, 2.45) is 4.99 Å². The number of carbonyl (C=O) groups is 2. The summed E-state index contributed by atoms with van der Waals surface area (Å²) in [6.07, 6.45) is 0.789. The van der Waals surface area contributed by atoms with Crippen molar-refractivity contribution in [3.63, 3.8) is 0 Å². The summed E-state index contributed by atoms with van der Waals surface area (Å²) in [6, 6.07) is 22.7. The van der Waals surface area contributed by atoms with Crippen molar-refractivity contribution in [3.05, 3.63) is 90.2 Å². The fourth-order valence-corrected chi connectivity index (χ4v) is 4.57. The summed E-state index contributed by atoms with van der Waals surface area (Å²) in [5, 5.41) is 3.19. The summed E-state index contributed by atoms with van der Waals surface area (Å²) in [4.78, 5) is 31.5. The number of hydrogen-bond donors (Lipinski definition) is 1. The number of nitrogens with zero attached hydrogens (tertiary/aromatic N) is 2. The van der Waals surface area contributed by atoms with E-state index in [4.69, 9.17) is 9.73 Å². The molecule has 1 fully saturated rings. The summed E-state index contributed by atoms with van der Waals surface area (Å²) in [5.41, 5.74) is 2.32. The fourth-order valence-electron chi connectivity index (χ4n) is 3.53. The lowest BCUT2D eigenvalue weighted by Gasteiger charge is -2.16. The van der Waals surface area contributed by atoms with Crippen LogP contribution in [0.15, 0.2) is 83.9 Å². The van der Waals surface area contributed by atoms with E-state index >= 15 is 0 Å². The van der Waals surface area contributed by atoms with Crippen LogP contribution in [0.2, 0.25) is 0 Å². The average molecular weight is 478 g/mol. The molecule has 1 N–H and O–H groups in total. The van der Waals surface area contributed by atoms with Crippen LogP contribution in [-0.2, 0) is 16.0 Å². The van der Waals surface area contributed by atoms with Gasteiger partial charge >= 0.3 is 0 Å². The predicted octanol–water partition coefficient (Wildman–Crippen LogP) is 4.91. The summed E-state index contributed by atoms with van der Waals surface area (Å²) < 4.78 is 18.5. The number of carbonyl (C=O) groups excluding carboxylic acids is 2. The molecule has 1 aliphatic rings. The van der Waals surface area contributed by atoms with Crippen LogP contribution in [0.4, 0.5) is 15.8 Å². The molecule has 0 radical (unpaired) electrons. The molecule has 1 atom stereocenters. The number of thioether (sulfide) groups is 1. The number of nitrogens with one attached hydrogen (secondary N) is 1. The highest BCUT2D eigenvalue weighted by Crippen LogP contribution is 2.31. The minimum Gasteiger partial charge on any atom is -0.497 e. The molecule has 34 heavy (non-hydrogen) atoms. The van der Waals surface area contributed by atoms with Crippen molar-refractivity contribution < 1.29 is 18.7 Å². The van der Waals surface area contributed by atoms with Crippen LogP contribution in [0, 0.1) is 5.82 Å². The van der Waals surface area contributed by atoms with E-state index in [0.29, 0.717) is 17.4 Å². The van der Waals surface area contributed by atoms with Gasteiger partial charge in [0, 0.05) is 18.7 Å². The van der Waals surface area contributed by atoms with Gasteiger partial charge in [-0.1, -0.05) is 42.1 Å². The van der Waals surface area contributed by atoms with E-state index < -0.39 is 11.1 Å². The highest BCUT2D eigenvalue weighted by Gasteiger charge is 2.40. The van der Waals surface area contributed by atoms with Crippen LogP contribution in [-0.4, -0.2) is 35.9 Å². The molecule has 0 bridgehead atoms. The topological polar surface area (TPSA) is 71.0 Å². The number of anilines is 2.